The van der Waals surface area contributed by atoms with Crippen LogP contribution in [0.3, 0.4) is 0 Å². The Kier molecular flexibility index (Phi) is 8.89. The maximum absolute atomic E-state index is 11.9. The SMILES string of the molecule is CCO[C@@H](Cc1ccc(OCCn2ccc3ccc(/C(=N/OC)c4ccccc4)nc32)cc1)C(=O)OC. The van der Waals surface area contributed by atoms with Gasteiger partial charge in [0.05, 0.1) is 19.3 Å². The molecule has 0 N–H and O–H groups in total. The summed E-state index contributed by atoms with van der Waals surface area (Å²) in [7, 11) is 2.90. The molecule has 8 nitrogen and oxygen atoms in total. The second kappa shape index (κ2) is 12.7. The molecule has 0 spiro atoms. The van der Waals surface area contributed by atoms with E-state index in [2.05, 4.69) is 9.72 Å². The number of fused-ring (bicyclic) bond motifs is 1. The van der Waals surface area contributed by atoms with Gasteiger partial charge in [-0.25, -0.2) is 9.78 Å². The number of methoxy groups -OCH3 is 1. The number of hydrogen-bond donors (Lipinski definition) is 0. The number of oxime groups is 1. The average molecular weight is 502 g/mol. The summed E-state index contributed by atoms with van der Waals surface area (Å²) >= 11 is 0. The molecule has 0 saturated heterocycles. The first-order valence-electron chi connectivity index (χ1n) is 12.2. The third kappa shape index (κ3) is 6.54. The molecule has 4 aromatic rings. The summed E-state index contributed by atoms with van der Waals surface area (Å²) in [6, 6.07) is 23.5. The summed E-state index contributed by atoms with van der Waals surface area (Å²) in [4.78, 5) is 21.9. The van der Waals surface area contributed by atoms with Gasteiger partial charge in [-0.3, -0.25) is 0 Å². The molecule has 2 heterocycles. The summed E-state index contributed by atoms with van der Waals surface area (Å²) in [5.41, 5.74) is 4.15. The zero-order chi connectivity index (χ0) is 26.0. The van der Waals surface area contributed by atoms with Crippen LogP contribution in [0.5, 0.6) is 5.75 Å². The number of nitrogens with zero attached hydrogens (tertiary/aromatic N) is 3. The Morgan fingerprint density at radius 3 is 2.49 bits per heavy atom. The van der Waals surface area contributed by atoms with Gasteiger partial charge in [0.2, 0.25) is 0 Å². The largest absolute Gasteiger partial charge is 0.492 e. The second-order valence-corrected chi connectivity index (χ2v) is 8.27. The van der Waals surface area contributed by atoms with Crippen molar-refractivity contribution in [1.82, 2.24) is 9.55 Å². The Balaban J connectivity index is 1.41. The summed E-state index contributed by atoms with van der Waals surface area (Å²) in [6.45, 7) is 3.39. The molecule has 0 aliphatic heterocycles. The van der Waals surface area contributed by atoms with Crippen molar-refractivity contribution < 1.29 is 23.8 Å². The average Bonchev–Trinajstić information content (AvgIpc) is 3.34. The zero-order valence-corrected chi connectivity index (χ0v) is 21.3. The molecule has 8 heteroatoms. The van der Waals surface area contributed by atoms with Gasteiger partial charge in [-0.2, -0.15) is 0 Å². The molecule has 0 fully saturated rings. The van der Waals surface area contributed by atoms with E-state index in [9.17, 15) is 4.79 Å². The standard InChI is InChI=1S/C29H31N3O5/c1-4-36-26(29(33)34-2)20-21-10-13-24(14-11-21)37-19-18-32-17-16-23-12-15-25(30-28(23)32)27(31-35-3)22-8-6-5-7-9-22/h5-17,26H,4,18-20H2,1-3H3/b31-27+/t26-/m0/s1. The van der Waals surface area contributed by atoms with Crippen LogP contribution >= 0.6 is 0 Å². The first-order chi connectivity index (χ1) is 18.1. The fraction of sp³-hybridized carbons (Fsp3) is 0.276. The number of aromatic nitrogens is 2. The van der Waals surface area contributed by atoms with Gasteiger partial charge in [0.25, 0.3) is 0 Å². The van der Waals surface area contributed by atoms with E-state index < -0.39 is 6.10 Å². The lowest BCUT2D eigenvalue weighted by Crippen LogP contribution is -2.28. The van der Waals surface area contributed by atoms with E-state index >= 15 is 0 Å². The number of esters is 1. The van der Waals surface area contributed by atoms with Crippen molar-refractivity contribution in [3.8, 4) is 5.75 Å². The fourth-order valence-corrected chi connectivity index (χ4v) is 4.05. The van der Waals surface area contributed by atoms with Gasteiger partial charge in [0, 0.05) is 30.2 Å². The summed E-state index contributed by atoms with van der Waals surface area (Å²) in [5, 5.41) is 5.26. The quantitative estimate of drug-likeness (QED) is 0.160. The minimum atomic E-state index is -0.613. The molecule has 1 atom stereocenters. The van der Waals surface area contributed by atoms with E-state index in [4.69, 9.17) is 24.0 Å². The number of pyridine rings is 1. The minimum Gasteiger partial charge on any atom is -0.492 e. The molecule has 0 bridgehead atoms. The molecule has 37 heavy (non-hydrogen) atoms. The third-order valence-corrected chi connectivity index (χ3v) is 5.86. The smallest absolute Gasteiger partial charge is 0.335 e. The summed E-state index contributed by atoms with van der Waals surface area (Å²) in [6.07, 6.45) is 1.84. The maximum atomic E-state index is 11.9. The lowest BCUT2D eigenvalue weighted by Gasteiger charge is -2.15. The van der Waals surface area contributed by atoms with E-state index in [1.165, 1.54) is 14.2 Å². The molecule has 0 unspecified atom stereocenters. The van der Waals surface area contributed by atoms with Gasteiger partial charge in [0.1, 0.15) is 30.8 Å². The molecule has 192 valence electrons. The van der Waals surface area contributed by atoms with Crippen LogP contribution in [0.15, 0.2) is 84.1 Å². The Hall–Kier alpha value is -4.17. The molecule has 2 aromatic carbocycles. The topological polar surface area (TPSA) is 84.2 Å². The van der Waals surface area contributed by atoms with Crippen molar-refractivity contribution in [2.75, 3.05) is 27.4 Å². The number of carbonyl (C=O) groups is 1. The van der Waals surface area contributed by atoms with Crippen LogP contribution in [0.2, 0.25) is 0 Å². The normalized spacial score (nSPS) is 12.4. The van der Waals surface area contributed by atoms with Crippen molar-refractivity contribution in [2.24, 2.45) is 5.16 Å². The molecular weight excluding hydrogens is 470 g/mol. The summed E-state index contributed by atoms with van der Waals surface area (Å²) in [5.74, 6) is 0.376. The monoisotopic (exact) mass is 501 g/mol. The number of hydrogen-bond acceptors (Lipinski definition) is 7. The van der Waals surface area contributed by atoms with E-state index in [1.807, 2.05) is 85.9 Å². The third-order valence-electron chi connectivity index (χ3n) is 5.86. The van der Waals surface area contributed by atoms with E-state index in [-0.39, 0.29) is 5.97 Å². The van der Waals surface area contributed by atoms with Crippen molar-refractivity contribution in [3.63, 3.8) is 0 Å². The van der Waals surface area contributed by atoms with Crippen LogP contribution in [0.1, 0.15) is 23.7 Å². The highest BCUT2D eigenvalue weighted by atomic mass is 16.6. The predicted octanol–water partition coefficient (Wildman–Crippen LogP) is 4.63. The first kappa shape index (κ1) is 25.9. The van der Waals surface area contributed by atoms with Crippen LogP contribution in [0, 0.1) is 0 Å². The van der Waals surface area contributed by atoms with E-state index in [0.717, 1.165) is 33.6 Å². The Morgan fingerprint density at radius 1 is 1.00 bits per heavy atom. The zero-order valence-electron chi connectivity index (χ0n) is 21.3. The van der Waals surface area contributed by atoms with Crippen LogP contribution in [-0.2, 0) is 32.1 Å². The van der Waals surface area contributed by atoms with Gasteiger partial charge in [-0.05, 0) is 42.8 Å². The molecule has 4 rings (SSSR count). The van der Waals surface area contributed by atoms with Gasteiger partial charge >= 0.3 is 5.97 Å². The molecule has 0 saturated carbocycles. The van der Waals surface area contributed by atoms with Gasteiger partial charge in [-0.1, -0.05) is 47.6 Å². The lowest BCUT2D eigenvalue weighted by atomic mass is 10.1. The van der Waals surface area contributed by atoms with Gasteiger partial charge in [0.15, 0.2) is 6.10 Å². The molecule has 0 radical (unpaired) electrons. The van der Waals surface area contributed by atoms with Crippen LogP contribution < -0.4 is 4.74 Å². The van der Waals surface area contributed by atoms with E-state index in [0.29, 0.717) is 31.9 Å². The Labute approximate surface area is 216 Å². The molecule has 0 aliphatic carbocycles. The summed E-state index contributed by atoms with van der Waals surface area (Å²) < 4.78 is 18.4. The highest BCUT2D eigenvalue weighted by molar-refractivity contribution is 6.12. The lowest BCUT2D eigenvalue weighted by molar-refractivity contribution is -0.153. The molecular formula is C29H31N3O5. The van der Waals surface area contributed by atoms with Crippen molar-refractivity contribution in [1.29, 1.82) is 0 Å². The highest BCUT2D eigenvalue weighted by Crippen LogP contribution is 2.19. The Bertz CT molecular complexity index is 1330. The van der Waals surface area contributed by atoms with Crippen LogP contribution in [0.4, 0.5) is 0 Å². The second-order valence-electron chi connectivity index (χ2n) is 8.27. The van der Waals surface area contributed by atoms with Crippen molar-refractivity contribution in [3.05, 3.63) is 95.8 Å². The first-order valence-corrected chi connectivity index (χ1v) is 12.2. The fourth-order valence-electron chi connectivity index (χ4n) is 4.05. The minimum absolute atomic E-state index is 0.373. The van der Waals surface area contributed by atoms with Crippen molar-refractivity contribution >= 4 is 22.7 Å². The van der Waals surface area contributed by atoms with Crippen molar-refractivity contribution in [2.45, 2.75) is 26.0 Å². The van der Waals surface area contributed by atoms with E-state index in [1.54, 1.807) is 0 Å². The number of benzene rings is 2. The van der Waals surface area contributed by atoms with Gasteiger partial charge in [-0.15, -0.1) is 0 Å². The maximum Gasteiger partial charge on any atom is 0.335 e. The molecule has 2 aromatic heterocycles. The number of rotatable bonds is 12. The number of ether oxygens (including phenoxy) is 3. The van der Waals surface area contributed by atoms with Gasteiger partial charge < -0.3 is 23.6 Å². The highest BCUT2D eigenvalue weighted by Gasteiger charge is 2.19. The Morgan fingerprint density at radius 2 is 1.78 bits per heavy atom. The number of carbonyl (C=O) groups excluding carboxylic acids is 1. The molecule has 0 amide bonds. The predicted molar refractivity (Wildman–Crippen MR) is 142 cm³/mol. The van der Waals surface area contributed by atoms with Crippen LogP contribution in [-0.4, -0.2) is 54.8 Å². The molecule has 0 aliphatic rings. The van der Waals surface area contributed by atoms with Crippen LogP contribution in [0.25, 0.3) is 11.0 Å².